The summed E-state index contributed by atoms with van der Waals surface area (Å²) in [6.07, 6.45) is 1.66. The summed E-state index contributed by atoms with van der Waals surface area (Å²) in [5.74, 6) is 1.09. The summed E-state index contributed by atoms with van der Waals surface area (Å²) < 4.78 is 23.1. The number of aryl methyl sites for hydroxylation is 1. The first-order valence-electron chi connectivity index (χ1n) is 7.27. The summed E-state index contributed by atoms with van der Waals surface area (Å²) in [4.78, 5) is 4.92. The van der Waals surface area contributed by atoms with Crippen LogP contribution in [-0.4, -0.2) is 20.6 Å². The number of rotatable bonds is 4. The average Bonchev–Trinajstić information content (AvgIpc) is 3.00. The monoisotopic (exact) mass is 405 g/mol. The summed E-state index contributed by atoms with van der Waals surface area (Å²) in [5.41, 5.74) is 1.85. The van der Waals surface area contributed by atoms with E-state index in [1.54, 1.807) is 13.2 Å². The van der Waals surface area contributed by atoms with Crippen LogP contribution >= 0.6 is 15.9 Å². The molecule has 1 heterocycles. The molecule has 1 aromatic heterocycles. The van der Waals surface area contributed by atoms with Gasteiger partial charge in [-0.15, -0.1) is 0 Å². The molecule has 1 unspecified atom stereocenters. The Hall–Kier alpha value is -1.99. The summed E-state index contributed by atoms with van der Waals surface area (Å²) in [6.45, 7) is 2.14. The van der Waals surface area contributed by atoms with Gasteiger partial charge in [0.2, 0.25) is 11.7 Å². The van der Waals surface area contributed by atoms with Crippen LogP contribution in [0.1, 0.15) is 11.5 Å². The Kier molecular flexibility index (Phi) is 4.82. The predicted octanol–water partition coefficient (Wildman–Crippen LogP) is 4.46. The average molecular weight is 406 g/mol. The van der Waals surface area contributed by atoms with E-state index >= 15 is 0 Å². The Balaban J connectivity index is 1.78. The Morgan fingerprint density at radius 2 is 1.79 bits per heavy atom. The molecule has 0 saturated carbocycles. The van der Waals surface area contributed by atoms with Crippen molar-refractivity contribution < 1.29 is 8.73 Å². The van der Waals surface area contributed by atoms with Crippen LogP contribution < -0.4 is 0 Å². The molecule has 0 fully saturated rings. The highest BCUT2D eigenvalue weighted by molar-refractivity contribution is 9.10. The summed E-state index contributed by atoms with van der Waals surface area (Å²) in [7, 11) is -2.42. The van der Waals surface area contributed by atoms with Gasteiger partial charge in [-0.25, -0.2) is 8.57 Å². The Morgan fingerprint density at radius 1 is 1.12 bits per heavy atom. The Morgan fingerprint density at radius 3 is 2.38 bits per heavy atom. The molecular weight excluding hydrogens is 390 g/mol. The van der Waals surface area contributed by atoms with Gasteiger partial charge in [0, 0.05) is 28.1 Å². The third-order valence-corrected chi connectivity index (χ3v) is 5.78. The number of hydrogen-bond donors (Lipinski definition) is 0. The molecule has 7 heteroatoms. The van der Waals surface area contributed by atoms with E-state index in [9.17, 15) is 4.21 Å². The first kappa shape index (κ1) is 16.9. The van der Waals surface area contributed by atoms with Gasteiger partial charge in [0.1, 0.15) is 0 Å². The lowest BCUT2D eigenvalue weighted by Gasteiger charge is -2.05. The molecule has 0 bridgehead atoms. The lowest BCUT2D eigenvalue weighted by molar-refractivity contribution is 0.394. The van der Waals surface area contributed by atoms with Crippen LogP contribution in [0.5, 0.6) is 0 Å². The lowest BCUT2D eigenvalue weighted by atomic mass is 10.1. The van der Waals surface area contributed by atoms with Crippen LogP contribution in [0.15, 0.2) is 66.8 Å². The van der Waals surface area contributed by atoms with Crippen molar-refractivity contribution in [2.24, 2.45) is 4.36 Å². The maximum atomic E-state index is 12.7. The molecule has 0 aliphatic heterocycles. The summed E-state index contributed by atoms with van der Waals surface area (Å²) in [5, 5.41) is 3.89. The minimum atomic E-state index is -2.42. The molecule has 0 N–H and O–H groups in total. The molecule has 24 heavy (non-hydrogen) atoms. The van der Waals surface area contributed by atoms with Crippen LogP contribution in [0.4, 0.5) is 0 Å². The molecule has 0 spiro atoms. The topological polar surface area (TPSA) is 68.3 Å². The SMILES string of the molecule is Cc1nc(-c2ccc(CN=S(C)(=O)c3ccc(Br)cc3)cc2)no1. The van der Waals surface area contributed by atoms with E-state index in [1.165, 1.54) is 0 Å². The van der Waals surface area contributed by atoms with Crippen LogP contribution in [-0.2, 0) is 16.3 Å². The van der Waals surface area contributed by atoms with Gasteiger partial charge in [-0.1, -0.05) is 45.4 Å². The van der Waals surface area contributed by atoms with Gasteiger partial charge in [0.15, 0.2) is 0 Å². The highest BCUT2D eigenvalue weighted by Crippen LogP contribution is 2.19. The van der Waals surface area contributed by atoms with Crippen LogP contribution in [0, 0.1) is 6.92 Å². The third-order valence-electron chi connectivity index (χ3n) is 3.48. The van der Waals surface area contributed by atoms with E-state index in [-0.39, 0.29) is 0 Å². The lowest BCUT2D eigenvalue weighted by Crippen LogP contribution is -1.98. The second kappa shape index (κ2) is 6.86. The highest BCUT2D eigenvalue weighted by Gasteiger charge is 2.07. The molecule has 0 aliphatic carbocycles. The fraction of sp³-hybridized carbons (Fsp3) is 0.176. The van der Waals surface area contributed by atoms with Gasteiger partial charge in [-0.3, -0.25) is 0 Å². The number of benzene rings is 2. The van der Waals surface area contributed by atoms with Gasteiger partial charge in [-0.2, -0.15) is 4.98 Å². The second-order valence-electron chi connectivity index (χ2n) is 5.38. The zero-order valence-corrected chi connectivity index (χ0v) is 15.7. The van der Waals surface area contributed by atoms with Crippen molar-refractivity contribution in [3.8, 4) is 11.4 Å². The van der Waals surface area contributed by atoms with Crippen molar-refractivity contribution >= 4 is 25.7 Å². The maximum absolute atomic E-state index is 12.7. The third kappa shape index (κ3) is 3.91. The molecule has 0 aliphatic rings. The van der Waals surface area contributed by atoms with Crippen LogP contribution in [0.25, 0.3) is 11.4 Å². The molecule has 3 aromatic rings. The van der Waals surface area contributed by atoms with Crippen molar-refractivity contribution in [2.45, 2.75) is 18.4 Å². The van der Waals surface area contributed by atoms with Crippen molar-refractivity contribution in [3.05, 3.63) is 64.5 Å². The van der Waals surface area contributed by atoms with Crippen LogP contribution in [0.2, 0.25) is 0 Å². The Labute approximate surface area is 149 Å². The standard InChI is InChI=1S/C17H16BrN3O2S/c1-12-20-17(21-23-12)14-5-3-13(4-6-14)11-19-24(2,22)16-9-7-15(18)8-10-16/h3-10H,11H2,1-2H3. The summed E-state index contributed by atoms with van der Waals surface area (Å²) in [6, 6.07) is 15.1. The number of nitrogens with zero attached hydrogens (tertiary/aromatic N) is 3. The summed E-state index contributed by atoms with van der Waals surface area (Å²) >= 11 is 3.38. The molecule has 0 saturated heterocycles. The van der Waals surface area contributed by atoms with E-state index in [4.69, 9.17) is 4.52 Å². The molecule has 3 rings (SSSR count). The van der Waals surface area contributed by atoms with E-state index in [0.717, 1.165) is 20.5 Å². The largest absolute Gasteiger partial charge is 0.339 e. The molecule has 0 radical (unpaired) electrons. The second-order valence-corrected chi connectivity index (χ2v) is 8.63. The number of halogens is 1. The number of aromatic nitrogens is 2. The first-order chi connectivity index (χ1) is 11.4. The zero-order chi connectivity index (χ0) is 17.2. The van der Waals surface area contributed by atoms with E-state index in [0.29, 0.717) is 18.3 Å². The van der Waals surface area contributed by atoms with Crippen molar-refractivity contribution in [3.63, 3.8) is 0 Å². The molecule has 2 aromatic carbocycles. The van der Waals surface area contributed by atoms with Gasteiger partial charge in [0.25, 0.3) is 0 Å². The van der Waals surface area contributed by atoms with Crippen LogP contribution in [0.3, 0.4) is 0 Å². The van der Waals surface area contributed by atoms with Gasteiger partial charge in [0.05, 0.1) is 16.3 Å². The van der Waals surface area contributed by atoms with Crippen molar-refractivity contribution in [1.82, 2.24) is 10.1 Å². The molecule has 1 atom stereocenters. The minimum absolute atomic E-state index is 0.386. The fourth-order valence-electron chi connectivity index (χ4n) is 2.14. The Bertz CT molecular complexity index is 956. The van der Waals surface area contributed by atoms with E-state index < -0.39 is 9.73 Å². The molecular formula is C17H16BrN3O2S. The number of hydrogen-bond acceptors (Lipinski definition) is 5. The smallest absolute Gasteiger partial charge is 0.223 e. The first-order valence-corrected chi connectivity index (χ1v) is 9.99. The maximum Gasteiger partial charge on any atom is 0.223 e. The van der Waals surface area contributed by atoms with Crippen molar-refractivity contribution in [2.75, 3.05) is 6.26 Å². The van der Waals surface area contributed by atoms with Gasteiger partial charge < -0.3 is 4.52 Å². The molecule has 0 amide bonds. The van der Waals surface area contributed by atoms with Crippen molar-refractivity contribution in [1.29, 1.82) is 0 Å². The fourth-order valence-corrected chi connectivity index (χ4v) is 3.58. The zero-order valence-electron chi connectivity index (χ0n) is 13.3. The van der Waals surface area contributed by atoms with Gasteiger partial charge >= 0.3 is 0 Å². The highest BCUT2D eigenvalue weighted by atomic mass is 79.9. The minimum Gasteiger partial charge on any atom is -0.339 e. The van der Waals surface area contributed by atoms with E-state index in [2.05, 4.69) is 30.4 Å². The van der Waals surface area contributed by atoms with Gasteiger partial charge in [-0.05, 0) is 29.8 Å². The van der Waals surface area contributed by atoms with E-state index in [1.807, 2.05) is 48.5 Å². The molecule has 124 valence electrons. The normalized spacial score (nSPS) is 13.5. The predicted molar refractivity (Wildman–Crippen MR) is 97.1 cm³/mol. The quantitative estimate of drug-likeness (QED) is 0.642. The molecule has 5 nitrogen and oxygen atoms in total.